The number of fused-ring (bicyclic) bond motifs is 1. The number of amides is 2. The predicted molar refractivity (Wildman–Crippen MR) is 115 cm³/mol. The van der Waals surface area contributed by atoms with Crippen LogP contribution in [0.2, 0.25) is 0 Å². The van der Waals surface area contributed by atoms with E-state index in [1.54, 1.807) is 11.8 Å². The molecule has 1 heterocycles. The molecule has 0 spiro atoms. The maximum Gasteiger partial charge on any atom is 0.254 e. The first-order valence-electron chi connectivity index (χ1n) is 10.5. The summed E-state index contributed by atoms with van der Waals surface area (Å²) in [5.41, 5.74) is 1.18. The van der Waals surface area contributed by atoms with Crippen molar-refractivity contribution in [3.05, 3.63) is 83.4 Å². The Morgan fingerprint density at radius 2 is 1.68 bits per heavy atom. The Kier molecular flexibility index (Phi) is 5.98. The Labute approximate surface area is 179 Å². The highest BCUT2D eigenvalue weighted by atomic mass is 19.2. The first-order chi connectivity index (χ1) is 14.9. The molecule has 1 aliphatic rings. The van der Waals surface area contributed by atoms with Crippen LogP contribution in [0.15, 0.2) is 60.7 Å². The molecule has 1 N–H and O–H groups in total. The van der Waals surface area contributed by atoms with Gasteiger partial charge in [0.25, 0.3) is 5.91 Å². The third-order valence-electron chi connectivity index (χ3n) is 5.98. The largest absolute Gasteiger partial charge is 0.349 e. The second-order valence-electron chi connectivity index (χ2n) is 8.00. The van der Waals surface area contributed by atoms with Gasteiger partial charge in [0.15, 0.2) is 11.6 Å². The molecule has 1 aliphatic heterocycles. The number of hydrogen-bond donors (Lipinski definition) is 1. The SMILES string of the molecule is C[C@@H](NC(=O)C1CCN(C(=O)c2cccc3ccccc23)CC1)c1ccc(F)c(F)c1. The zero-order valence-corrected chi connectivity index (χ0v) is 17.3. The summed E-state index contributed by atoms with van der Waals surface area (Å²) in [7, 11) is 0. The Morgan fingerprint density at radius 1 is 0.968 bits per heavy atom. The Bertz CT molecular complexity index is 1120. The fraction of sp³-hybridized carbons (Fsp3) is 0.280. The molecule has 0 aliphatic carbocycles. The quantitative estimate of drug-likeness (QED) is 0.654. The summed E-state index contributed by atoms with van der Waals surface area (Å²) >= 11 is 0. The molecule has 3 aromatic carbocycles. The molecule has 0 saturated carbocycles. The Balaban J connectivity index is 1.37. The zero-order chi connectivity index (χ0) is 22.0. The van der Waals surface area contributed by atoms with Gasteiger partial charge in [0, 0.05) is 24.6 Å². The number of nitrogens with zero attached hydrogens (tertiary/aromatic N) is 1. The van der Waals surface area contributed by atoms with Crippen LogP contribution in [-0.2, 0) is 4.79 Å². The highest BCUT2D eigenvalue weighted by molar-refractivity contribution is 6.07. The van der Waals surface area contributed by atoms with Crippen molar-refractivity contribution in [1.82, 2.24) is 10.2 Å². The molecule has 0 bridgehead atoms. The number of nitrogens with one attached hydrogen (secondary N) is 1. The van der Waals surface area contributed by atoms with Crippen molar-refractivity contribution < 1.29 is 18.4 Å². The zero-order valence-electron chi connectivity index (χ0n) is 17.3. The smallest absolute Gasteiger partial charge is 0.254 e. The van der Waals surface area contributed by atoms with Crippen molar-refractivity contribution in [3.63, 3.8) is 0 Å². The van der Waals surface area contributed by atoms with Crippen molar-refractivity contribution >= 4 is 22.6 Å². The van der Waals surface area contributed by atoms with Gasteiger partial charge in [-0.25, -0.2) is 8.78 Å². The standard InChI is InChI=1S/C25H24F2N2O2/c1-16(19-9-10-22(26)23(27)15-19)28-24(30)18-11-13-29(14-12-18)25(31)21-8-4-6-17-5-2-3-7-20(17)21/h2-10,15-16,18H,11-14H2,1H3,(H,28,30)/t16-/m1/s1. The van der Waals surface area contributed by atoms with Crippen LogP contribution in [0.5, 0.6) is 0 Å². The van der Waals surface area contributed by atoms with Crippen LogP contribution in [0, 0.1) is 17.6 Å². The lowest BCUT2D eigenvalue weighted by Gasteiger charge is -2.32. The minimum Gasteiger partial charge on any atom is -0.349 e. The summed E-state index contributed by atoms with van der Waals surface area (Å²) in [6.07, 6.45) is 1.12. The van der Waals surface area contributed by atoms with E-state index < -0.39 is 17.7 Å². The number of halogens is 2. The molecule has 1 fully saturated rings. The van der Waals surface area contributed by atoms with E-state index in [0.717, 1.165) is 22.9 Å². The van der Waals surface area contributed by atoms with Crippen molar-refractivity contribution in [2.24, 2.45) is 5.92 Å². The maximum absolute atomic E-state index is 13.5. The van der Waals surface area contributed by atoms with Gasteiger partial charge < -0.3 is 10.2 Å². The minimum absolute atomic E-state index is 0.0224. The van der Waals surface area contributed by atoms with Crippen molar-refractivity contribution in [2.75, 3.05) is 13.1 Å². The van der Waals surface area contributed by atoms with Gasteiger partial charge in [-0.2, -0.15) is 0 Å². The molecule has 2 amide bonds. The van der Waals surface area contributed by atoms with Crippen LogP contribution in [0.25, 0.3) is 10.8 Å². The summed E-state index contributed by atoms with van der Waals surface area (Å²) in [5, 5.41) is 4.83. The van der Waals surface area contributed by atoms with E-state index in [9.17, 15) is 18.4 Å². The molecule has 0 radical (unpaired) electrons. The number of carbonyl (C=O) groups is 2. The van der Waals surface area contributed by atoms with Crippen molar-refractivity contribution in [3.8, 4) is 0 Å². The van der Waals surface area contributed by atoms with E-state index in [2.05, 4.69) is 5.32 Å². The molecular weight excluding hydrogens is 398 g/mol. The fourth-order valence-electron chi connectivity index (χ4n) is 4.12. The van der Waals surface area contributed by atoms with E-state index in [-0.39, 0.29) is 17.7 Å². The van der Waals surface area contributed by atoms with Gasteiger partial charge in [0.2, 0.25) is 5.91 Å². The number of piperidine rings is 1. The molecule has 6 heteroatoms. The second kappa shape index (κ2) is 8.84. The lowest BCUT2D eigenvalue weighted by molar-refractivity contribution is -0.127. The summed E-state index contributed by atoms with van der Waals surface area (Å²) in [6.45, 7) is 2.74. The molecule has 160 valence electrons. The summed E-state index contributed by atoms with van der Waals surface area (Å²) < 4.78 is 26.6. The highest BCUT2D eigenvalue weighted by Gasteiger charge is 2.29. The van der Waals surface area contributed by atoms with E-state index in [0.29, 0.717) is 37.1 Å². The number of hydrogen-bond acceptors (Lipinski definition) is 2. The number of benzene rings is 3. The lowest BCUT2D eigenvalue weighted by Crippen LogP contribution is -2.43. The predicted octanol–water partition coefficient (Wildman–Crippen LogP) is 4.85. The van der Waals surface area contributed by atoms with Gasteiger partial charge in [0.05, 0.1) is 6.04 Å². The van der Waals surface area contributed by atoms with E-state index in [1.165, 1.54) is 6.07 Å². The van der Waals surface area contributed by atoms with Crippen LogP contribution in [0.1, 0.15) is 41.7 Å². The van der Waals surface area contributed by atoms with Gasteiger partial charge in [-0.1, -0.05) is 42.5 Å². The number of likely N-dealkylation sites (tertiary alicyclic amines) is 1. The van der Waals surface area contributed by atoms with E-state index >= 15 is 0 Å². The molecule has 3 aromatic rings. The molecule has 0 unspecified atom stereocenters. The molecular formula is C25H24F2N2O2. The van der Waals surface area contributed by atoms with Gasteiger partial charge >= 0.3 is 0 Å². The monoisotopic (exact) mass is 422 g/mol. The molecule has 4 nitrogen and oxygen atoms in total. The highest BCUT2D eigenvalue weighted by Crippen LogP contribution is 2.24. The van der Waals surface area contributed by atoms with E-state index in [1.807, 2.05) is 42.5 Å². The fourth-order valence-corrected chi connectivity index (χ4v) is 4.12. The van der Waals surface area contributed by atoms with Crippen LogP contribution >= 0.6 is 0 Å². The third kappa shape index (κ3) is 4.43. The molecule has 31 heavy (non-hydrogen) atoms. The summed E-state index contributed by atoms with van der Waals surface area (Å²) in [5.74, 6) is -2.21. The topological polar surface area (TPSA) is 49.4 Å². The summed E-state index contributed by atoms with van der Waals surface area (Å²) in [4.78, 5) is 27.5. The Morgan fingerprint density at radius 3 is 2.42 bits per heavy atom. The molecule has 1 atom stereocenters. The molecule has 4 rings (SSSR count). The first-order valence-corrected chi connectivity index (χ1v) is 10.5. The maximum atomic E-state index is 13.5. The van der Waals surface area contributed by atoms with Gasteiger partial charge in [-0.05, 0) is 54.3 Å². The van der Waals surface area contributed by atoms with Gasteiger partial charge in [0.1, 0.15) is 0 Å². The average molecular weight is 422 g/mol. The number of carbonyl (C=O) groups excluding carboxylic acids is 2. The third-order valence-corrected chi connectivity index (χ3v) is 5.98. The van der Waals surface area contributed by atoms with Crippen LogP contribution in [-0.4, -0.2) is 29.8 Å². The van der Waals surface area contributed by atoms with Crippen molar-refractivity contribution in [2.45, 2.75) is 25.8 Å². The lowest BCUT2D eigenvalue weighted by atomic mass is 9.94. The first kappa shape index (κ1) is 21.0. The molecule has 0 aromatic heterocycles. The second-order valence-corrected chi connectivity index (χ2v) is 8.00. The van der Waals surface area contributed by atoms with Crippen LogP contribution in [0.4, 0.5) is 8.78 Å². The minimum atomic E-state index is -0.932. The van der Waals surface area contributed by atoms with Gasteiger partial charge in [-0.15, -0.1) is 0 Å². The van der Waals surface area contributed by atoms with E-state index in [4.69, 9.17) is 0 Å². The average Bonchev–Trinajstić information content (AvgIpc) is 2.80. The van der Waals surface area contributed by atoms with Gasteiger partial charge in [-0.3, -0.25) is 9.59 Å². The van der Waals surface area contributed by atoms with Crippen LogP contribution in [0.3, 0.4) is 0 Å². The Hall–Kier alpha value is -3.28. The molecule has 1 saturated heterocycles. The van der Waals surface area contributed by atoms with Crippen molar-refractivity contribution in [1.29, 1.82) is 0 Å². The normalized spacial score (nSPS) is 15.6. The van der Waals surface area contributed by atoms with Crippen LogP contribution < -0.4 is 5.32 Å². The number of rotatable bonds is 4. The summed E-state index contributed by atoms with van der Waals surface area (Å²) in [6, 6.07) is 16.7.